The molecule has 1 unspecified atom stereocenters. The van der Waals surface area contributed by atoms with Crippen molar-refractivity contribution in [2.45, 2.75) is 39.0 Å². The van der Waals surface area contributed by atoms with Gasteiger partial charge in [-0.3, -0.25) is 0 Å². The highest BCUT2D eigenvalue weighted by Gasteiger charge is 2.13. The Kier molecular flexibility index (Phi) is 3.68. The molecule has 4 rings (SSSR count). The summed E-state index contributed by atoms with van der Waals surface area (Å²) < 4.78 is 11.6. The van der Waals surface area contributed by atoms with Crippen LogP contribution in [0.2, 0.25) is 0 Å². The Hall–Kier alpha value is -2.48. The maximum atomic E-state index is 6.04. The van der Waals surface area contributed by atoms with Gasteiger partial charge in [-0.25, -0.2) is 0 Å². The molecule has 0 aliphatic rings. The Balaban J connectivity index is 1.60. The standard InChI is InChI=1S/C22H22O2/c1-14(2)17-6-7-21-19(11-17)12-20(24-21)10-15(3)18-5-4-16-8-9-23-22(16)13-18/h4-9,11-15H,10H2,1-3H3. The van der Waals surface area contributed by atoms with Crippen LogP contribution in [0.5, 0.6) is 0 Å². The smallest absolute Gasteiger partial charge is 0.134 e. The normalized spacial score (nSPS) is 13.2. The monoisotopic (exact) mass is 318 g/mol. The lowest BCUT2D eigenvalue weighted by Crippen LogP contribution is -1.97. The van der Waals surface area contributed by atoms with E-state index in [1.165, 1.54) is 16.5 Å². The summed E-state index contributed by atoms with van der Waals surface area (Å²) in [6.45, 7) is 6.67. The number of furan rings is 2. The minimum atomic E-state index is 0.379. The number of benzene rings is 2. The summed E-state index contributed by atoms with van der Waals surface area (Å²) >= 11 is 0. The zero-order valence-corrected chi connectivity index (χ0v) is 14.4. The van der Waals surface area contributed by atoms with Crippen molar-refractivity contribution in [1.29, 1.82) is 0 Å². The van der Waals surface area contributed by atoms with Crippen LogP contribution in [0, 0.1) is 0 Å². The van der Waals surface area contributed by atoms with Gasteiger partial charge in [-0.05, 0) is 53.3 Å². The van der Waals surface area contributed by atoms with Gasteiger partial charge < -0.3 is 8.83 Å². The average molecular weight is 318 g/mol. The minimum absolute atomic E-state index is 0.379. The molecule has 2 heteroatoms. The summed E-state index contributed by atoms with van der Waals surface area (Å²) in [6.07, 6.45) is 2.63. The van der Waals surface area contributed by atoms with E-state index in [1.54, 1.807) is 6.26 Å². The highest BCUT2D eigenvalue weighted by atomic mass is 16.3. The van der Waals surface area contributed by atoms with Crippen molar-refractivity contribution in [3.8, 4) is 0 Å². The van der Waals surface area contributed by atoms with Gasteiger partial charge >= 0.3 is 0 Å². The third-order valence-corrected chi connectivity index (χ3v) is 4.81. The third-order valence-electron chi connectivity index (χ3n) is 4.81. The Morgan fingerprint density at radius 1 is 0.792 bits per heavy atom. The molecule has 4 aromatic rings. The van der Waals surface area contributed by atoms with Gasteiger partial charge in [0.1, 0.15) is 16.9 Å². The highest BCUT2D eigenvalue weighted by molar-refractivity contribution is 5.79. The summed E-state index contributed by atoms with van der Waals surface area (Å²) in [6, 6.07) is 17.1. The lowest BCUT2D eigenvalue weighted by Gasteiger charge is -2.09. The van der Waals surface area contributed by atoms with Crippen LogP contribution in [-0.4, -0.2) is 0 Å². The van der Waals surface area contributed by atoms with Crippen LogP contribution >= 0.6 is 0 Å². The van der Waals surface area contributed by atoms with Crippen LogP contribution in [0.25, 0.3) is 21.9 Å². The van der Waals surface area contributed by atoms with Gasteiger partial charge in [-0.15, -0.1) is 0 Å². The second kappa shape index (κ2) is 5.86. The van der Waals surface area contributed by atoms with E-state index in [4.69, 9.17) is 8.83 Å². The van der Waals surface area contributed by atoms with Crippen molar-refractivity contribution < 1.29 is 8.83 Å². The van der Waals surface area contributed by atoms with Gasteiger partial charge in [0, 0.05) is 17.2 Å². The first-order valence-corrected chi connectivity index (χ1v) is 8.59. The summed E-state index contributed by atoms with van der Waals surface area (Å²) in [5.74, 6) is 1.95. The number of rotatable bonds is 4. The average Bonchev–Trinajstić information content (AvgIpc) is 3.18. The van der Waals surface area contributed by atoms with Gasteiger partial charge in [0.15, 0.2) is 0 Å². The minimum Gasteiger partial charge on any atom is -0.464 e. The maximum Gasteiger partial charge on any atom is 0.134 e. The molecule has 2 aromatic carbocycles. The van der Waals surface area contributed by atoms with Crippen LogP contribution in [0.4, 0.5) is 0 Å². The van der Waals surface area contributed by atoms with E-state index in [-0.39, 0.29) is 0 Å². The first kappa shape index (κ1) is 15.1. The zero-order chi connectivity index (χ0) is 16.7. The molecule has 0 saturated carbocycles. The molecule has 0 spiro atoms. The molecule has 0 bridgehead atoms. The van der Waals surface area contributed by atoms with Crippen molar-refractivity contribution >= 4 is 21.9 Å². The topological polar surface area (TPSA) is 26.3 Å². The summed E-state index contributed by atoms with van der Waals surface area (Å²) in [7, 11) is 0. The van der Waals surface area contributed by atoms with Gasteiger partial charge in [0.05, 0.1) is 6.26 Å². The molecule has 0 aliphatic carbocycles. The molecule has 0 radical (unpaired) electrons. The molecule has 2 heterocycles. The van der Waals surface area contributed by atoms with Crippen LogP contribution in [0.1, 0.15) is 49.5 Å². The Bertz CT molecular complexity index is 987. The number of hydrogen-bond donors (Lipinski definition) is 0. The van der Waals surface area contributed by atoms with E-state index >= 15 is 0 Å². The number of fused-ring (bicyclic) bond motifs is 2. The molecule has 24 heavy (non-hydrogen) atoms. The van der Waals surface area contributed by atoms with Crippen LogP contribution in [-0.2, 0) is 6.42 Å². The Labute approximate surface area is 142 Å². The van der Waals surface area contributed by atoms with E-state index in [9.17, 15) is 0 Å². The molecule has 0 aliphatic heterocycles. The second-order valence-electron chi connectivity index (χ2n) is 6.99. The van der Waals surface area contributed by atoms with Gasteiger partial charge in [0.25, 0.3) is 0 Å². The van der Waals surface area contributed by atoms with E-state index < -0.39 is 0 Å². The van der Waals surface area contributed by atoms with Crippen molar-refractivity contribution in [2.24, 2.45) is 0 Å². The first-order valence-electron chi connectivity index (χ1n) is 8.59. The fraction of sp³-hybridized carbons (Fsp3) is 0.273. The van der Waals surface area contributed by atoms with Crippen molar-refractivity contribution in [3.63, 3.8) is 0 Å². The summed E-state index contributed by atoms with van der Waals surface area (Å²) in [5.41, 5.74) is 4.56. The Morgan fingerprint density at radius 3 is 2.46 bits per heavy atom. The summed E-state index contributed by atoms with van der Waals surface area (Å²) in [5, 5.41) is 2.35. The third kappa shape index (κ3) is 2.73. The van der Waals surface area contributed by atoms with Crippen molar-refractivity contribution in [3.05, 3.63) is 71.7 Å². The quantitative estimate of drug-likeness (QED) is 0.421. The summed E-state index contributed by atoms with van der Waals surface area (Å²) in [4.78, 5) is 0. The van der Waals surface area contributed by atoms with Crippen LogP contribution < -0.4 is 0 Å². The van der Waals surface area contributed by atoms with E-state index in [1.807, 2.05) is 6.07 Å². The predicted octanol–water partition coefficient (Wildman–Crippen LogP) is 6.65. The maximum absolute atomic E-state index is 6.04. The predicted molar refractivity (Wildman–Crippen MR) is 98.6 cm³/mol. The first-order chi connectivity index (χ1) is 11.6. The lowest BCUT2D eigenvalue weighted by molar-refractivity contribution is 0.526. The van der Waals surface area contributed by atoms with E-state index in [0.29, 0.717) is 11.8 Å². The largest absolute Gasteiger partial charge is 0.464 e. The van der Waals surface area contributed by atoms with Crippen molar-refractivity contribution in [1.82, 2.24) is 0 Å². The fourth-order valence-corrected chi connectivity index (χ4v) is 3.27. The Morgan fingerprint density at radius 2 is 1.62 bits per heavy atom. The molecular formula is C22H22O2. The van der Waals surface area contributed by atoms with Crippen LogP contribution in [0.15, 0.2) is 63.6 Å². The molecular weight excluding hydrogens is 296 g/mol. The second-order valence-corrected chi connectivity index (χ2v) is 6.99. The molecule has 0 N–H and O–H groups in total. The molecule has 1 atom stereocenters. The SMILES string of the molecule is CC(C)c1ccc2oc(CC(C)c3ccc4ccoc4c3)cc2c1. The van der Waals surface area contributed by atoms with Gasteiger partial charge in [-0.2, -0.15) is 0 Å². The van der Waals surface area contributed by atoms with E-state index in [2.05, 4.69) is 63.2 Å². The van der Waals surface area contributed by atoms with E-state index in [0.717, 1.165) is 28.7 Å². The molecule has 0 fully saturated rings. The molecule has 122 valence electrons. The molecule has 2 nitrogen and oxygen atoms in total. The highest BCUT2D eigenvalue weighted by Crippen LogP contribution is 2.29. The fourth-order valence-electron chi connectivity index (χ4n) is 3.27. The molecule has 0 saturated heterocycles. The zero-order valence-electron chi connectivity index (χ0n) is 14.4. The molecule has 2 aromatic heterocycles. The van der Waals surface area contributed by atoms with Crippen molar-refractivity contribution in [2.75, 3.05) is 0 Å². The van der Waals surface area contributed by atoms with Crippen LogP contribution in [0.3, 0.4) is 0 Å². The molecule has 0 amide bonds. The lowest BCUT2D eigenvalue weighted by atomic mass is 9.96. The van der Waals surface area contributed by atoms with Gasteiger partial charge in [-0.1, -0.05) is 39.0 Å². The number of hydrogen-bond acceptors (Lipinski definition) is 2. The van der Waals surface area contributed by atoms with Gasteiger partial charge in [0.2, 0.25) is 0 Å².